The molecule has 0 spiro atoms. The number of aromatic amines is 1. The Labute approximate surface area is 110 Å². The molecule has 0 radical (unpaired) electrons. The van der Waals surface area contributed by atoms with Crippen molar-refractivity contribution in [1.29, 1.82) is 0 Å². The van der Waals surface area contributed by atoms with Crippen molar-refractivity contribution in [1.82, 2.24) is 25.0 Å². The molecule has 1 aliphatic rings. The molecular weight excluding hydrogens is 244 g/mol. The van der Waals surface area contributed by atoms with Gasteiger partial charge in [0.05, 0.1) is 11.8 Å². The zero-order chi connectivity index (χ0) is 13.2. The Morgan fingerprint density at radius 1 is 1.58 bits per heavy atom. The standard InChI is InChI=1S/C12H16N6O/c1-2-18-7-9(6-13-18)11(19)15-12-14-10(16-17-12)8-4-3-5-8/h6-8H,2-5H2,1H3,(H2,14,15,16,17,19). The van der Waals surface area contributed by atoms with Gasteiger partial charge in [0.2, 0.25) is 5.95 Å². The van der Waals surface area contributed by atoms with Crippen LogP contribution < -0.4 is 5.32 Å². The fourth-order valence-corrected chi connectivity index (χ4v) is 2.02. The molecule has 0 aromatic carbocycles. The van der Waals surface area contributed by atoms with Crippen molar-refractivity contribution in [2.45, 2.75) is 38.6 Å². The van der Waals surface area contributed by atoms with E-state index in [1.807, 2.05) is 6.92 Å². The third kappa shape index (κ3) is 2.35. The van der Waals surface area contributed by atoms with Gasteiger partial charge in [0.25, 0.3) is 5.91 Å². The summed E-state index contributed by atoms with van der Waals surface area (Å²) in [6.07, 6.45) is 6.77. The maximum atomic E-state index is 11.9. The van der Waals surface area contributed by atoms with Gasteiger partial charge in [-0.2, -0.15) is 10.1 Å². The Bertz CT molecular complexity index is 583. The topological polar surface area (TPSA) is 88.5 Å². The lowest BCUT2D eigenvalue weighted by molar-refractivity contribution is 0.102. The van der Waals surface area contributed by atoms with E-state index < -0.39 is 0 Å². The van der Waals surface area contributed by atoms with Gasteiger partial charge in [-0.05, 0) is 19.8 Å². The maximum Gasteiger partial charge on any atom is 0.261 e. The van der Waals surface area contributed by atoms with Crippen LogP contribution in [0.2, 0.25) is 0 Å². The highest BCUT2D eigenvalue weighted by molar-refractivity contribution is 6.02. The summed E-state index contributed by atoms with van der Waals surface area (Å²) in [6.45, 7) is 2.70. The van der Waals surface area contributed by atoms with E-state index in [0.29, 0.717) is 17.4 Å². The van der Waals surface area contributed by atoms with E-state index in [1.165, 1.54) is 6.42 Å². The number of aryl methyl sites for hydroxylation is 1. The molecule has 2 aromatic rings. The average molecular weight is 260 g/mol. The van der Waals surface area contributed by atoms with Gasteiger partial charge in [0.15, 0.2) is 0 Å². The molecule has 100 valence electrons. The molecule has 2 N–H and O–H groups in total. The Balaban J connectivity index is 1.66. The van der Waals surface area contributed by atoms with E-state index in [-0.39, 0.29) is 5.91 Å². The second kappa shape index (κ2) is 4.83. The summed E-state index contributed by atoms with van der Waals surface area (Å²) in [5.74, 6) is 1.43. The number of H-pyrrole nitrogens is 1. The molecule has 3 rings (SSSR count). The minimum absolute atomic E-state index is 0.237. The first kappa shape index (κ1) is 11.9. The van der Waals surface area contributed by atoms with Crippen LogP contribution in [0.25, 0.3) is 0 Å². The highest BCUT2D eigenvalue weighted by atomic mass is 16.1. The number of nitrogens with zero attached hydrogens (tertiary/aromatic N) is 4. The Morgan fingerprint density at radius 3 is 3.05 bits per heavy atom. The molecule has 7 heteroatoms. The number of hydrogen-bond donors (Lipinski definition) is 2. The zero-order valence-corrected chi connectivity index (χ0v) is 10.8. The number of carbonyl (C=O) groups excluding carboxylic acids is 1. The van der Waals surface area contributed by atoms with Crippen molar-refractivity contribution in [3.8, 4) is 0 Å². The second-order valence-electron chi connectivity index (χ2n) is 4.71. The van der Waals surface area contributed by atoms with E-state index in [4.69, 9.17) is 0 Å². The summed E-state index contributed by atoms with van der Waals surface area (Å²) in [7, 11) is 0. The number of amides is 1. The van der Waals surface area contributed by atoms with Crippen LogP contribution >= 0.6 is 0 Å². The monoisotopic (exact) mass is 260 g/mol. The van der Waals surface area contributed by atoms with Gasteiger partial charge in [-0.15, -0.1) is 5.10 Å². The van der Waals surface area contributed by atoms with Crippen molar-refractivity contribution < 1.29 is 4.79 Å². The molecule has 1 fully saturated rings. The molecule has 2 heterocycles. The van der Waals surface area contributed by atoms with Gasteiger partial charge in [0, 0.05) is 18.7 Å². The second-order valence-corrected chi connectivity index (χ2v) is 4.71. The van der Waals surface area contributed by atoms with Crippen LogP contribution in [-0.2, 0) is 6.54 Å². The molecule has 7 nitrogen and oxygen atoms in total. The zero-order valence-electron chi connectivity index (χ0n) is 10.8. The van der Waals surface area contributed by atoms with E-state index in [2.05, 4.69) is 25.6 Å². The highest BCUT2D eigenvalue weighted by Gasteiger charge is 2.23. The number of rotatable bonds is 4. The number of carbonyl (C=O) groups is 1. The molecule has 19 heavy (non-hydrogen) atoms. The quantitative estimate of drug-likeness (QED) is 0.872. The van der Waals surface area contributed by atoms with Crippen molar-refractivity contribution in [3.63, 3.8) is 0 Å². The van der Waals surface area contributed by atoms with Crippen molar-refractivity contribution in [3.05, 3.63) is 23.8 Å². The molecule has 0 aliphatic heterocycles. The molecule has 0 bridgehead atoms. The third-order valence-corrected chi connectivity index (χ3v) is 3.44. The first-order valence-corrected chi connectivity index (χ1v) is 6.52. The number of aromatic nitrogens is 5. The molecule has 0 saturated heterocycles. The molecule has 1 aliphatic carbocycles. The maximum absolute atomic E-state index is 11.9. The van der Waals surface area contributed by atoms with Crippen molar-refractivity contribution in [2.75, 3.05) is 5.32 Å². The van der Waals surface area contributed by atoms with Crippen LogP contribution in [0.5, 0.6) is 0 Å². The number of anilines is 1. The minimum Gasteiger partial charge on any atom is -0.289 e. The first-order valence-electron chi connectivity index (χ1n) is 6.52. The minimum atomic E-state index is -0.237. The lowest BCUT2D eigenvalue weighted by Crippen LogP contribution is -2.13. The van der Waals surface area contributed by atoms with Crippen molar-refractivity contribution in [2.24, 2.45) is 0 Å². The highest BCUT2D eigenvalue weighted by Crippen LogP contribution is 2.34. The summed E-state index contributed by atoms with van der Waals surface area (Å²) in [6, 6.07) is 0. The fraction of sp³-hybridized carbons (Fsp3) is 0.500. The summed E-state index contributed by atoms with van der Waals surface area (Å²) in [4.78, 5) is 16.2. The molecule has 0 atom stereocenters. The Hall–Kier alpha value is -2.18. The van der Waals surface area contributed by atoms with E-state index in [0.717, 1.165) is 25.2 Å². The SMILES string of the molecule is CCn1cc(C(=O)Nc2n[nH]c(C3CCC3)n2)cn1. The summed E-state index contributed by atoms with van der Waals surface area (Å²) >= 11 is 0. The molecular formula is C12H16N6O. The van der Waals surface area contributed by atoms with Gasteiger partial charge in [-0.25, -0.2) is 0 Å². The van der Waals surface area contributed by atoms with Gasteiger partial charge in [-0.1, -0.05) is 6.42 Å². The number of hydrogen-bond acceptors (Lipinski definition) is 4. The lowest BCUT2D eigenvalue weighted by atomic mass is 9.85. The molecule has 1 amide bonds. The molecule has 2 aromatic heterocycles. The third-order valence-electron chi connectivity index (χ3n) is 3.44. The normalized spacial score (nSPS) is 15.2. The molecule has 1 saturated carbocycles. The van der Waals surface area contributed by atoms with Gasteiger partial charge < -0.3 is 0 Å². The van der Waals surface area contributed by atoms with E-state index in [1.54, 1.807) is 17.1 Å². The molecule has 0 unspecified atom stereocenters. The van der Waals surface area contributed by atoms with Crippen LogP contribution in [0.4, 0.5) is 5.95 Å². The summed E-state index contributed by atoms with van der Waals surface area (Å²) in [5, 5.41) is 13.6. The van der Waals surface area contributed by atoms with Gasteiger partial charge in [-0.3, -0.25) is 19.9 Å². The Morgan fingerprint density at radius 2 is 2.42 bits per heavy atom. The van der Waals surface area contributed by atoms with Gasteiger partial charge in [0.1, 0.15) is 5.82 Å². The largest absolute Gasteiger partial charge is 0.289 e. The lowest BCUT2D eigenvalue weighted by Gasteiger charge is -2.22. The predicted molar refractivity (Wildman–Crippen MR) is 68.8 cm³/mol. The summed E-state index contributed by atoms with van der Waals surface area (Å²) in [5.41, 5.74) is 0.511. The van der Waals surface area contributed by atoms with Crippen molar-refractivity contribution >= 4 is 11.9 Å². The van der Waals surface area contributed by atoms with E-state index >= 15 is 0 Å². The Kier molecular flexibility index (Phi) is 3.02. The van der Waals surface area contributed by atoms with Gasteiger partial charge >= 0.3 is 0 Å². The van der Waals surface area contributed by atoms with E-state index in [9.17, 15) is 4.79 Å². The fourth-order valence-electron chi connectivity index (χ4n) is 2.02. The average Bonchev–Trinajstić information content (AvgIpc) is 2.96. The smallest absolute Gasteiger partial charge is 0.261 e. The number of nitrogens with one attached hydrogen (secondary N) is 2. The van der Waals surface area contributed by atoms with Crippen LogP contribution in [0.1, 0.15) is 48.3 Å². The predicted octanol–water partition coefficient (Wildman–Crippen LogP) is 1.54. The van der Waals surface area contributed by atoms with Crippen LogP contribution in [0, 0.1) is 0 Å². The summed E-state index contributed by atoms with van der Waals surface area (Å²) < 4.78 is 1.70. The van der Waals surface area contributed by atoms with Crippen LogP contribution in [-0.4, -0.2) is 30.9 Å². The van der Waals surface area contributed by atoms with Crippen LogP contribution in [0.3, 0.4) is 0 Å². The van der Waals surface area contributed by atoms with Crippen LogP contribution in [0.15, 0.2) is 12.4 Å². The first-order chi connectivity index (χ1) is 9.26.